The molecule has 0 aliphatic heterocycles. The molecule has 8 heteroatoms. The Morgan fingerprint density at radius 3 is 2.44 bits per heavy atom. The molecule has 3 rings (SSSR count). The summed E-state index contributed by atoms with van der Waals surface area (Å²) in [5, 5.41) is 15.0. The van der Waals surface area contributed by atoms with E-state index in [1.165, 1.54) is 0 Å². The largest absolute Gasteiger partial charge is 0.497 e. The number of methoxy groups -OCH3 is 1. The molecule has 1 aromatic heterocycles. The van der Waals surface area contributed by atoms with E-state index in [2.05, 4.69) is 25.8 Å². The van der Waals surface area contributed by atoms with E-state index in [4.69, 9.17) is 27.9 Å². The van der Waals surface area contributed by atoms with Gasteiger partial charge in [-0.05, 0) is 29.8 Å². The van der Waals surface area contributed by atoms with E-state index >= 15 is 0 Å². The summed E-state index contributed by atoms with van der Waals surface area (Å²) in [7, 11) is 1.64. The fourth-order valence-corrected chi connectivity index (χ4v) is 2.60. The summed E-state index contributed by atoms with van der Waals surface area (Å²) in [5.41, 5.74) is 1.63. The van der Waals surface area contributed by atoms with Crippen LogP contribution in [0.15, 0.2) is 48.7 Å². The minimum atomic E-state index is 0.301. The van der Waals surface area contributed by atoms with Crippen molar-refractivity contribution in [2.45, 2.75) is 6.54 Å². The van der Waals surface area contributed by atoms with Gasteiger partial charge in [0.15, 0.2) is 5.82 Å². The van der Waals surface area contributed by atoms with Crippen molar-refractivity contribution in [2.75, 3.05) is 17.7 Å². The van der Waals surface area contributed by atoms with Gasteiger partial charge >= 0.3 is 0 Å². The number of anilines is 3. The molecule has 0 spiro atoms. The minimum absolute atomic E-state index is 0.301. The molecule has 1 heterocycles. The molecule has 0 radical (unpaired) electrons. The molecule has 0 unspecified atom stereocenters. The fraction of sp³-hybridized carbons (Fsp3) is 0.118. The normalized spacial score (nSPS) is 10.4. The average molecular weight is 376 g/mol. The van der Waals surface area contributed by atoms with Crippen LogP contribution in [-0.4, -0.2) is 22.3 Å². The van der Waals surface area contributed by atoms with Gasteiger partial charge in [-0.1, -0.05) is 41.4 Å². The predicted molar refractivity (Wildman–Crippen MR) is 99.9 cm³/mol. The van der Waals surface area contributed by atoms with Gasteiger partial charge in [0.1, 0.15) is 5.75 Å². The molecule has 6 nitrogen and oxygen atoms in total. The van der Waals surface area contributed by atoms with E-state index in [1.54, 1.807) is 31.5 Å². The predicted octanol–water partition coefficient (Wildman–Crippen LogP) is 4.54. The first-order valence-electron chi connectivity index (χ1n) is 7.43. The highest BCUT2D eigenvalue weighted by Crippen LogP contribution is 2.31. The lowest BCUT2D eigenvalue weighted by Gasteiger charge is -2.10. The first kappa shape index (κ1) is 17.3. The van der Waals surface area contributed by atoms with E-state index in [0.717, 1.165) is 11.3 Å². The van der Waals surface area contributed by atoms with Crippen LogP contribution in [0.4, 0.5) is 17.5 Å². The Hall–Kier alpha value is -2.57. The molecule has 0 saturated carbocycles. The molecular formula is C17H15Cl2N5O. The summed E-state index contributed by atoms with van der Waals surface area (Å²) in [6.45, 7) is 0.592. The maximum absolute atomic E-state index is 6.14. The number of nitrogens with one attached hydrogen (secondary N) is 2. The van der Waals surface area contributed by atoms with Crippen molar-refractivity contribution in [1.29, 1.82) is 0 Å². The number of hydrogen-bond donors (Lipinski definition) is 2. The van der Waals surface area contributed by atoms with Crippen molar-refractivity contribution in [3.05, 3.63) is 64.3 Å². The summed E-state index contributed by atoms with van der Waals surface area (Å²) < 4.78 is 5.14. The zero-order valence-electron chi connectivity index (χ0n) is 13.3. The zero-order valence-corrected chi connectivity index (χ0v) is 14.8. The third-order valence-corrected chi connectivity index (χ3v) is 4.02. The van der Waals surface area contributed by atoms with E-state index in [9.17, 15) is 0 Å². The van der Waals surface area contributed by atoms with Gasteiger partial charge < -0.3 is 15.4 Å². The topological polar surface area (TPSA) is 72.0 Å². The Morgan fingerprint density at radius 1 is 1.04 bits per heavy atom. The van der Waals surface area contributed by atoms with Crippen LogP contribution in [0.1, 0.15) is 5.56 Å². The molecular weight excluding hydrogens is 361 g/mol. The van der Waals surface area contributed by atoms with Crippen molar-refractivity contribution in [2.24, 2.45) is 0 Å². The maximum atomic E-state index is 6.14. The average Bonchev–Trinajstić information content (AvgIpc) is 2.64. The number of benzene rings is 2. The first-order chi connectivity index (χ1) is 12.2. The lowest BCUT2D eigenvalue weighted by atomic mass is 10.2. The summed E-state index contributed by atoms with van der Waals surface area (Å²) >= 11 is 12.3. The van der Waals surface area contributed by atoms with Gasteiger partial charge in [-0.3, -0.25) is 0 Å². The highest BCUT2D eigenvalue weighted by atomic mass is 35.5. The summed E-state index contributed by atoms with van der Waals surface area (Å²) in [4.78, 5) is 4.36. The Balaban J connectivity index is 1.68. The summed E-state index contributed by atoms with van der Waals surface area (Å²) in [6.07, 6.45) is 1.54. The van der Waals surface area contributed by atoms with Crippen molar-refractivity contribution in [1.82, 2.24) is 15.2 Å². The van der Waals surface area contributed by atoms with Crippen LogP contribution >= 0.6 is 23.2 Å². The highest BCUT2D eigenvalue weighted by molar-refractivity contribution is 6.39. The Morgan fingerprint density at radius 2 is 1.76 bits per heavy atom. The van der Waals surface area contributed by atoms with Crippen LogP contribution in [0.25, 0.3) is 0 Å². The van der Waals surface area contributed by atoms with Crippen LogP contribution in [0.5, 0.6) is 5.75 Å². The molecule has 0 aliphatic rings. The summed E-state index contributed by atoms with van der Waals surface area (Å²) in [6, 6.07) is 13.0. The van der Waals surface area contributed by atoms with Gasteiger partial charge in [-0.25, -0.2) is 0 Å². The lowest BCUT2D eigenvalue weighted by Crippen LogP contribution is -2.06. The van der Waals surface area contributed by atoms with Crippen LogP contribution in [0.3, 0.4) is 0 Å². The van der Waals surface area contributed by atoms with Gasteiger partial charge in [0.2, 0.25) is 5.95 Å². The second kappa shape index (κ2) is 8.00. The lowest BCUT2D eigenvalue weighted by molar-refractivity contribution is 0.414. The Kier molecular flexibility index (Phi) is 5.53. The second-order valence-electron chi connectivity index (χ2n) is 5.09. The molecule has 0 aliphatic carbocycles. The Bertz CT molecular complexity index is 838. The smallest absolute Gasteiger partial charge is 0.249 e. The number of hydrogen-bond acceptors (Lipinski definition) is 6. The van der Waals surface area contributed by atoms with Crippen LogP contribution in [0, 0.1) is 0 Å². The number of rotatable bonds is 6. The molecule has 2 N–H and O–H groups in total. The van der Waals surface area contributed by atoms with Crippen molar-refractivity contribution < 1.29 is 4.74 Å². The number of aromatic nitrogens is 3. The van der Waals surface area contributed by atoms with Crippen LogP contribution in [0.2, 0.25) is 10.0 Å². The van der Waals surface area contributed by atoms with Crippen LogP contribution < -0.4 is 15.4 Å². The quantitative estimate of drug-likeness (QED) is 0.658. The minimum Gasteiger partial charge on any atom is -0.497 e. The standard InChI is InChI=1S/C17H15Cl2N5O/c1-25-12-7-5-11(6-8-12)9-20-15-10-21-24-17(22-15)23-16-13(18)3-2-4-14(16)19/h2-8,10H,9H2,1H3,(H2,20,22,23,24). The van der Waals surface area contributed by atoms with Gasteiger partial charge in [-0.15, -0.1) is 5.10 Å². The van der Waals surface area contributed by atoms with E-state index in [0.29, 0.717) is 34.0 Å². The second-order valence-corrected chi connectivity index (χ2v) is 5.90. The first-order valence-corrected chi connectivity index (χ1v) is 8.19. The third kappa shape index (κ3) is 4.49. The maximum Gasteiger partial charge on any atom is 0.249 e. The van der Waals surface area contributed by atoms with Crippen molar-refractivity contribution in [3.63, 3.8) is 0 Å². The molecule has 128 valence electrons. The molecule has 0 amide bonds. The van der Waals surface area contributed by atoms with E-state index < -0.39 is 0 Å². The van der Waals surface area contributed by atoms with Gasteiger partial charge in [-0.2, -0.15) is 10.1 Å². The monoisotopic (exact) mass is 375 g/mol. The molecule has 0 fully saturated rings. The number of para-hydroxylation sites is 1. The van der Waals surface area contributed by atoms with Gasteiger partial charge in [0.25, 0.3) is 0 Å². The van der Waals surface area contributed by atoms with Crippen molar-refractivity contribution in [3.8, 4) is 5.75 Å². The number of ether oxygens (including phenoxy) is 1. The summed E-state index contributed by atoms with van der Waals surface area (Å²) in [5.74, 6) is 1.70. The molecule has 0 atom stereocenters. The fourth-order valence-electron chi connectivity index (χ4n) is 2.11. The molecule has 0 saturated heterocycles. The SMILES string of the molecule is COc1ccc(CNc2cnnc(Nc3c(Cl)cccc3Cl)n2)cc1. The highest BCUT2D eigenvalue weighted by Gasteiger charge is 2.08. The zero-order chi connectivity index (χ0) is 17.6. The molecule has 2 aromatic carbocycles. The van der Waals surface area contributed by atoms with E-state index in [1.807, 2.05) is 24.3 Å². The molecule has 25 heavy (non-hydrogen) atoms. The Labute approximate surface area is 155 Å². The molecule has 0 bridgehead atoms. The van der Waals surface area contributed by atoms with Crippen molar-refractivity contribution >= 4 is 40.7 Å². The number of nitrogens with zero attached hydrogens (tertiary/aromatic N) is 3. The third-order valence-electron chi connectivity index (χ3n) is 3.39. The van der Waals surface area contributed by atoms with Crippen LogP contribution in [-0.2, 0) is 6.54 Å². The van der Waals surface area contributed by atoms with Gasteiger partial charge in [0.05, 0.1) is 29.0 Å². The number of halogens is 2. The van der Waals surface area contributed by atoms with E-state index in [-0.39, 0.29) is 0 Å². The van der Waals surface area contributed by atoms with Gasteiger partial charge in [0, 0.05) is 6.54 Å². The molecule has 3 aromatic rings.